The largest absolute Gasteiger partial charge is 0.308 e. The Bertz CT molecular complexity index is 617. The third kappa shape index (κ3) is 1.20. The SMILES string of the molecule is C[C@]1(c2ccccc2)OOC2(O1)C1CC3CC4CC2CC34C1. The monoisotopic (exact) mass is 298 g/mol. The molecule has 1 heterocycles. The number of hydrogen-bond acceptors (Lipinski definition) is 3. The smallest absolute Gasteiger partial charge is 0.227 e. The molecule has 0 aromatic heterocycles. The highest BCUT2D eigenvalue weighted by Crippen LogP contribution is 2.79. The molecule has 0 radical (unpaired) electrons. The Hall–Kier alpha value is -0.900. The van der Waals surface area contributed by atoms with E-state index in [4.69, 9.17) is 14.5 Å². The summed E-state index contributed by atoms with van der Waals surface area (Å²) < 4.78 is 6.64. The van der Waals surface area contributed by atoms with Crippen LogP contribution in [0.2, 0.25) is 0 Å². The second-order valence-corrected chi connectivity index (χ2v) is 8.44. The van der Waals surface area contributed by atoms with E-state index >= 15 is 0 Å². The van der Waals surface area contributed by atoms with Crippen molar-refractivity contribution in [2.45, 2.75) is 50.6 Å². The highest BCUT2D eigenvalue weighted by Gasteiger charge is 2.77. The maximum absolute atomic E-state index is 6.64. The zero-order valence-corrected chi connectivity index (χ0v) is 13.0. The Labute approximate surface area is 130 Å². The van der Waals surface area contributed by atoms with Gasteiger partial charge in [0.05, 0.1) is 0 Å². The van der Waals surface area contributed by atoms with E-state index in [9.17, 15) is 0 Å². The maximum Gasteiger partial charge on any atom is 0.227 e. The fraction of sp³-hybridized carbons (Fsp3) is 0.684. The minimum atomic E-state index is -0.767. The number of fused-ring (bicyclic) bond motifs is 4. The van der Waals surface area contributed by atoms with Crippen molar-refractivity contribution in [2.24, 2.45) is 29.1 Å². The first kappa shape index (κ1) is 12.5. The minimum absolute atomic E-state index is 0.488. The number of hydrogen-bond donors (Lipinski definition) is 0. The molecule has 5 atom stereocenters. The lowest BCUT2D eigenvalue weighted by molar-refractivity contribution is -0.372. The summed E-state index contributed by atoms with van der Waals surface area (Å²) >= 11 is 0. The van der Waals surface area contributed by atoms with Gasteiger partial charge in [-0.25, -0.2) is 0 Å². The molecule has 3 heteroatoms. The van der Waals surface area contributed by atoms with Gasteiger partial charge in [-0.2, -0.15) is 9.78 Å². The molecule has 4 aliphatic carbocycles. The lowest BCUT2D eigenvalue weighted by atomic mass is 9.56. The first-order valence-electron chi connectivity index (χ1n) is 8.77. The Balaban J connectivity index is 1.40. The van der Waals surface area contributed by atoms with Crippen LogP contribution in [-0.2, 0) is 20.3 Å². The lowest BCUT2D eigenvalue weighted by Gasteiger charge is -2.49. The fourth-order valence-electron chi connectivity index (χ4n) is 6.75. The molecule has 5 fully saturated rings. The van der Waals surface area contributed by atoms with Crippen LogP contribution in [0.25, 0.3) is 0 Å². The van der Waals surface area contributed by atoms with E-state index in [0.29, 0.717) is 17.3 Å². The van der Waals surface area contributed by atoms with E-state index in [1.807, 2.05) is 25.1 Å². The van der Waals surface area contributed by atoms with Crippen molar-refractivity contribution >= 4 is 0 Å². The highest BCUT2D eigenvalue weighted by atomic mass is 17.3. The topological polar surface area (TPSA) is 27.7 Å². The van der Waals surface area contributed by atoms with Gasteiger partial charge in [0.2, 0.25) is 11.6 Å². The molecule has 5 aliphatic rings. The summed E-state index contributed by atoms with van der Waals surface area (Å²) in [6, 6.07) is 10.2. The van der Waals surface area contributed by atoms with Crippen LogP contribution in [0.1, 0.15) is 44.6 Å². The predicted octanol–water partition coefficient (Wildman–Crippen LogP) is 3.99. The maximum atomic E-state index is 6.64. The van der Waals surface area contributed by atoms with Gasteiger partial charge in [-0.1, -0.05) is 30.3 Å². The van der Waals surface area contributed by atoms with Gasteiger partial charge in [0.1, 0.15) is 0 Å². The Morgan fingerprint density at radius 3 is 2.18 bits per heavy atom. The summed E-state index contributed by atoms with van der Waals surface area (Å²) in [4.78, 5) is 11.9. The second-order valence-electron chi connectivity index (χ2n) is 8.44. The van der Waals surface area contributed by atoms with E-state index in [-0.39, 0.29) is 0 Å². The van der Waals surface area contributed by atoms with Gasteiger partial charge < -0.3 is 4.74 Å². The fourth-order valence-corrected chi connectivity index (χ4v) is 6.75. The van der Waals surface area contributed by atoms with Crippen molar-refractivity contribution in [3.63, 3.8) is 0 Å². The summed E-state index contributed by atoms with van der Waals surface area (Å²) in [5.74, 6) is 1.66. The van der Waals surface area contributed by atoms with Crippen molar-refractivity contribution in [3.8, 4) is 0 Å². The molecular weight excluding hydrogens is 276 g/mol. The van der Waals surface area contributed by atoms with Crippen molar-refractivity contribution in [1.82, 2.24) is 0 Å². The third-order valence-corrected chi connectivity index (χ3v) is 7.71. The molecule has 2 spiro atoms. The van der Waals surface area contributed by atoms with E-state index < -0.39 is 11.6 Å². The van der Waals surface area contributed by atoms with Crippen LogP contribution in [0.5, 0.6) is 0 Å². The molecular formula is C19H22O3. The van der Waals surface area contributed by atoms with Gasteiger partial charge in [-0.05, 0) is 56.3 Å². The van der Waals surface area contributed by atoms with Gasteiger partial charge >= 0.3 is 0 Å². The first-order chi connectivity index (χ1) is 10.6. The molecule has 1 saturated heterocycles. The number of ether oxygens (including phenoxy) is 1. The van der Waals surface area contributed by atoms with Crippen LogP contribution in [0.3, 0.4) is 0 Å². The summed E-state index contributed by atoms with van der Waals surface area (Å²) in [6.07, 6.45) is 6.61. The molecule has 1 aromatic rings. The van der Waals surface area contributed by atoms with Crippen LogP contribution in [0.4, 0.5) is 0 Å². The predicted molar refractivity (Wildman–Crippen MR) is 79.3 cm³/mol. The average Bonchev–Trinajstić information content (AvgIpc) is 3.11. The zero-order valence-electron chi connectivity index (χ0n) is 13.0. The van der Waals surface area contributed by atoms with E-state index in [2.05, 4.69) is 12.1 Å². The molecule has 22 heavy (non-hydrogen) atoms. The standard InChI is InChI=1S/C19H22O3/c1-17(12-5-3-2-4-6-12)20-19(22-21-17)15-8-13-7-14-9-16(19)11-18(13,14)10-15/h2-6,13-16H,7-11H2,1H3/t13?,14?,15?,16?,17-,18?,19?/m1/s1. The lowest BCUT2D eigenvalue weighted by Crippen LogP contribution is -2.49. The summed E-state index contributed by atoms with van der Waals surface area (Å²) in [5.41, 5.74) is 1.71. The van der Waals surface area contributed by atoms with E-state index in [0.717, 1.165) is 17.4 Å². The molecule has 1 aliphatic heterocycles. The molecule has 0 N–H and O–H groups in total. The Morgan fingerprint density at radius 1 is 0.864 bits per heavy atom. The second kappa shape index (κ2) is 3.61. The molecule has 3 nitrogen and oxygen atoms in total. The molecule has 0 amide bonds. The van der Waals surface area contributed by atoms with Crippen molar-refractivity contribution in [1.29, 1.82) is 0 Å². The quantitative estimate of drug-likeness (QED) is 0.734. The first-order valence-corrected chi connectivity index (χ1v) is 8.77. The van der Waals surface area contributed by atoms with Crippen molar-refractivity contribution < 1.29 is 14.5 Å². The minimum Gasteiger partial charge on any atom is -0.308 e. The van der Waals surface area contributed by atoms with Crippen molar-refractivity contribution in [3.05, 3.63) is 35.9 Å². The molecule has 4 saturated carbocycles. The Morgan fingerprint density at radius 2 is 1.50 bits per heavy atom. The van der Waals surface area contributed by atoms with E-state index in [1.165, 1.54) is 32.1 Å². The molecule has 1 aromatic carbocycles. The van der Waals surface area contributed by atoms with Gasteiger partial charge in [-0.3, -0.25) is 0 Å². The van der Waals surface area contributed by atoms with E-state index in [1.54, 1.807) is 0 Å². The zero-order chi connectivity index (χ0) is 14.6. The summed E-state index contributed by atoms with van der Waals surface area (Å²) in [7, 11) is 0. The average molecular weight is 298 g/mol. The third-order valence-electron chi connectivity index (χ3n) is 7.71. The van der Waals surface area contributed by atoms with Crippen LogP contribution < -0.4 is 0 Å². The van der Waals surface area contributed by atoms with Crippen molar-refractivity contribution in [2.75, 3.05) is 0 Å². The van der Waals surface area contributed by atoms with Crippen LogP contribution >= 0.6 is 0 Å². The summed E-state index contributed by atoms with van der Waals surface area (Å²) in [6.45, 7) is 2.00. The number of benzene rings is 1. The summed E-state index contributed by atoms with van der Waals surface area (Å²) in [5, 5.41) is 0. The van der Waals surface area contributed by atoms with Crippen LogP contribution in [0.15, 0.2) is 30.3 Å². The molecule has 3 bridgehead atoms. The van der Waals surface area contributed by atoms with Gasteiger partial charge in [0.25, 0.3) is 0 Å². The normalized spacial score (nSPS) is 57.3. The van der Waals surface area contributed by atoms with Gasteiger partial charge in [0, 0.05) is 17.4 Å². The van der Waals surface area contributed by atoms with Gasteiger partial charge in [0.15, 0.2) is 0 Å². The number of rotatable bonds is 1. The van der Waals surface area contributed by atoms with Crippen LogP contribution in [-0.4, -0.2) is 5.79 Å². The molecule has 6 rings (SSSR count). The van der Waals surface area contributed by atoms with Gasteiger partial charge in [-0.15, -0.1) is 0 Å². The highest BCUT2D eigenvalue weighted by molar-refractivity contribution is 5.24. The molecule has 116 valence electrons. The molecule has 4 unspecified atom stereocenters. The Kier molecular flexibility index (Phi) is 2.05. The van der Waals surface area contributed by atoms with Crippen LogP contribution in [0, 0.1) is 29.1 Å².